The molecular weight excluding hydrogens is 284 g/mol. The lowest BCUT2D eigenvalue weighted by molar-refractivity contribution is -0.122. The standard InChI is InChI=1S/C16H24N2O4/c1-2-21-13-5-7-14(8-6-13)22-11-12(19)10-18-9-3-4-15(18)16(17)20/h5-8,12,15,19H,2-4,9-11H2,1H3,(H2,17,20)/t12-,15+/m1/s1. The molecule has 2 atom stereocenters. The minimum Gasteiger partial charge on any atom is -0.494 e. The predicted octanol–water partition coefficient (Wildman–Crippen LogP) is 0.775. The molecule has 1 heterocycles. The molecule has 0 radical (unpaired) electrons. The maximum Gasteiger partial charge on any atom is 0.234 e. The molecule has 3 N–H and O–H groups in total. The zero-order valence-electron chi connectivity index (χ0n) is 12.9. The van der Waals surface area contributed by atoms with Crippen LogP contribution in [0.15, 0.2) is 24.3 Å². The topological polar surface area (TPSA) is 85.0 Å². The van der Waals surface area contributed by atoms with Crippen LogP contribution in [0, 0.1) is 0 Å². The lowest BCUT2D eigenvalue weighted by Gasteiger charge is -2.24. The molecular formula is C16H24N2O4. The number of aliphatic hydroxyl groups is 1. The van der Waals surface area contributed by atoms with Crippen molar-refractivity contribution in [2.75, 3.05) is 26.3 Å². The summed E-state index contributed by atoms with van der Waals surface area (Å²) >= 11 is 0. The van der Waals surface area contributed by atoms with Gasteiger partial charge in [0, 0.05) is 6.54 Å². The van der Waals surface area contributed by atoms with Crippen LogP contribution < -0.4 is 15.2 Å². The monoisotopic (exact) mass is 308 g/mol. The van der Waals surface area contributed by atoms with Crippen LogP contribution in [-0.4, -0.2) is 54.4 Å². The Hall–Kier alpha value is -1.79. The van der Waals surface area contributed by atoms with Gasteiger partial charge < -0.3 is 20.3 Å². The van der Waals surface area contributed by atoms with E-state index in [9.17, 15) is 9.90 Å². The zero-order valence-corrected chi connectivity index (χ0v) is 12.9. The maximum atomic E-state index is 11.3. The minimum atomic E-state index is -0.661. The molecule has 1 amide bonds. The Bertz CT molecular complexity index is 478. The van der Waals surface area contributed by atoms with Crippen molar-refractivity contribution in [2.24, 2.45) is 5.73 Å². The number of rotatable bonds is 8. The number of nitrogens with two attached hydrogens (primary N) is 1. The summed E-state index contributed by atoms with van der Waals surface area (Å²) in [5.74, 6) is 1.14. The summed E-state index contributed by atoms with van der Waals surface area (Å²) in [6.45, 7) is 3.91. The van der Waals surface area contributed by atoms with Gasteiger partial charge in [-0.2, -0.15) is 0 Å². The highest BCUT2D eigenvalue weighted by Crippen LogP contribution is 2.19. The predicted molar refractivity (Wildman–Crippen MR) is 82.9 cm³/mol. The fraction of sp³-hybridized carbons (Fsp3) is 0.562. The molecule has 1 aromatic carbocycles. The zero-order chi connectivity index (χ0) is 15.9. The SMILES string of the molecule is CCOc1ccc(OC[C@H](O)CN2CCC[C@H]2C(N)=O)cc1. The number of hydrogen-bond donors (Lipinski definition) is 2. The van der Waals surface area contributed by atoms with Crippen LogP contribution in [0.3, 0.4) is 0 Å². The highest BCUT2D eigenvalue weighted by molar-refractivity contribution is 5.80. The van der Waals surface area contributed by atoms with Gasteiger partial charge in [-0.25, -0.2) is 0 Å². The third kappa shape index (κ3) is 4.61. The van der Waals surface area contributed by atoms with Crippen LogP contribution in [0.2, 0.25) is 0 Å². The average molecular weight is 308 g/mol. The number of nitrogens with zero attached hydrogens (tertiary/aromatic N) is 1. The fourth-order valence-corrected chi connectivity index (χ4v) is 2.68. The molecule has 1 aromatic rings. The third-order valence-corrected chi connectivity index (χ3v) is 3.71. The number of aliphatic hydroxyl groups excluding tert-OH is 1. The molecule has 22 heavy (non-hydrogen) atoms. The maximum absolute atomic E-state index is 11.3. The Balaban J connectivity index is 1.77. The number of β-amino-alcohol motifs (C(OH)–C–C–N with tert-alkyl or cyclic N) is 1. The smallest absolute Gasteiger partial charge is 0.234 e. The first kappa shape index (κ1) is 16.6. The molecule has 0 spiro atoms. The van der Waals surface area contributed by atoms with Crippen LogP contribution in [0.5, 0.6) is 11.5 Å². The Morgan fingerprint density at radius 2 is 2.00 bits per heavy atom. The van der Waals surface area contributed by atoms with E-state index in [0.29, 0.717) is 18.9 Å². The summed E-state index contributed by atoms with van der Waals surface area (Å²) in [6, 6.07) is 7.00. The lowest BCUT2D eigenvalue weighted by atomic mass is 10.2. The first-order chi connectivity index (χ1) is 10.6. The second kappa shape index (κ2) is 8.00. The van der Waals surface area contributed by atoms with E-state index in [-0.39, 0.29) is 18.6 Å². The molecule has 6 nitrogen and oxygen atoms in total. The van der Waals surface area contributed by atoms with E-state index in [1.165, 1.54) is 0 Å². The lowest BCUT2D eigenvalue weighted by Crippen LogP contribution is -2.44. The summed E-state index contributed by atoms with van der Waals surface area (Å²) in [4.78, 5) is 13.2. The van der Waals surface area contributed by atoms with Crippen molar-refractivity contribution in [1.82, 2.24) is 4.90 Å². The van der Waals surface area contributed by atoms with Crippen molar-refractivity contribution >= 4 is 5.91 Å². The number of likely N-dealkylation sites (tertiary alicyclic amines) is 1. The Morgan fingerprint density at radius 1 is 1.36 bits per heavy atom. The van der Waals surface area contributed by atoms with E-state index < -0.39 is 6.10 Å². The molecule has 1 fully saturated rings. The summed E-state index contributed by atoms with van der Waals surface area (Å²) in [5.41, 5.74) is 5.36. The minimum absolute atomic E-state index is 0.177. The van der Waals surface area contributed by atoms with Gasteiger partial charge >= 0.3 is 0 Å². The molecule has 1 saturated heterocycles. The van der Waals surface area contributed by atoms with Crippen LogP contribution >= 0.6 is 0 Å². The number of ether oxygens (including phenoxy) is 2. The summed E-state index contributed by atoms with van der Waals surface area (Å²) < 4.78 is 10.9. The van der Waals surface area contributed by atoms with E-state index in [0.717, 1.165) is 25.1 Å². The number of carbonyl (C=O) groups excluding carboxylic acids is 1. The number of primary amides is 1. The first-order valence-electron chi connectivity index (χ1n) is 7.67. The molecule has 0 aliphatic carbocycles. The van der Waals surface area contributed by atoms with Gasteiger partial charge in [0.05, 0.1) is 12.6 Å². The molecule has 0 saturated carbocycles. The van der Waals surface area contributed by atoms with Gasteiger partial charge in [0.25, 0.3) is 0 Å². The molecule has 1 aliphatic rings. The van der Waals surface area contributed by atoms with Crippen molar-refractivity contribution in [1.29, 1.82) is 0 Å². The van der Waals surface area contributed by atoms with Crippen LogP contribution in [0.4, 0.5) is 0 Å². The molecule has 0 bridgehead atoms. The van der Waals surface area contributed by atoms with E-state index in [4.69, 9.17) is 15.2 Å². The van der Waals surface area contributed by atoms with E-state index in [1.807, 2.05) is 24.0 Å². The molecule has 1 aliphatic heterocycles. The van der Waals surface area contributed by atoms with Crippen molar-refractivity contribution in [3.8, 4) is 11.5 Å². The first-order valence-corrected chi connectivity index (χ1v) is 7.67. The summed E-state index contributed by atoms with van der Waals surface area (Å²) in [7, 11) is 0. The van der Waals surface area contributed by atoms with E-state index >= 15 is 0 Å². The van der Waals surface area contributed by atoms with Crippen molar-refractivity contribution in [2.45, 2.75) is 31.9 Å². The Labute approximate surface area is 130 Å². The van der Waals surface area contributed by atoms with Gasteiger partial charge in [0.1, 0.15) is 24.2 Å². The molecule has 6 heteroatoms. The molecule has 0 aromatic heterocycles. The quantitative estimate of drug-likeness (QED) is 0.741. The van der Waals surface area contributed by atoms with Crippen molar-refractivity contribution < 1.29 is 19.4 Å². The number of benzene rings is 1. The second-order valence-corrected chi connectivity index (χ2v) is 5.42. The highest BCUT2D eigenvalue weighted by Gasteiger charge is 2.30. The van der Waals surface area contributed by atoms with Gasteiger partial charge in [0.15, 0.2) is 0 Å². The van der Waals surface area contributed by atoms with Gasteiger partial charge in [-0.3, -0.25) is 9.69 Å². The van der Waals surface area contributed by atoms with Crippen LogP contribution in [0.1, 0.15) is 19.8 Å². The molecule has 122 valence electrons. The normalized spacial score (nSPS) is 19.8. The van der Waals surface area contributed by atoms with Gasteiger partial charge in [-0.1, -0.05) is 0 Å². The van der Waals surface area contributed by atoms with Gasteiger partial charge in [0.2, 0.25) is 5.91 Å². The molecule has 2 rings (SSSR count). The second-order valence-electron chi connectivity index (χ2n) is 5.42. The fourth-order valence-electron chi connectivity index (χ4n) is 2.68. The third-order valence-electron chi connectivity index (χ3n) is 3.71. The number of amides is 1. The summed E-state index contributed by atoms with van der Waals surface area (Å²) in [5, 5.41) is 10.1. The van der Waals surface area contributed by atoms with Gasteiger partial charge in [-0.15, -0.1) is 0 Å². The Morgan fingerprint density at radius 3 is 2.59 bits per heavy atom. The number of hydrogen-bond acceptors (Lipinski definition) is 5. The van der Waals surface area contributed by atoms with Crippen molar-refractivity contribution in [3.63, 3.8) is 0 Å². The average Bonchev–Trinajstić information content (AvgIpc) is 2.95. The van der Waals surface area contributed by atoms with Crippen molar-refractivity contribution in [3.05, 3.63) is 24.3 Å². The van der Waals surface area contributed by atoms with E-state index in [1.54, 1.807) is 12.1 Å². The number of carbonyl (C=O) groups is 1. The van der Waals surface area contributed by atoms with E-state index in [2.05, 4.69) is 0 Å². The Kier molecular flexibility index (Phi) is 6.03. The molecule has 0 unspecified atom stereocenters. The summed E-state index contributed by atoms with van der Waals surface area (Å²) in [6.07, 6.45) is 1.04. The van der Waals surface area contributed by atoms with Crippen LogP contribution in [0.25, 0.3) is 0 Å². The van der Waals surface area contributed by atoms with Crippen LogP contribution in [-0.2, 0) is 4.79 Å². The highest BCUT2D eigenvalue weighted by atomic mass is 16.5. The van der Waals surface area contributed by atoms with Gasteiger partial charge in [-0.05, 0) is 50.6 Å². The largest absolute Gasteiger partial charge is 0.494 e.